The van der Waals surface area contributed by atoms with Gasteiger partial charge in [0.15, 0.2) is 0 Å². The summed E-state index contributed by atoms with van der Waals surface area (Å²) in [6.07, 6.45) is 7.03. The Kier molecular flexibility index (Phi) is 9.44. The summed E-state index contributed by atoms with van der Waals surface area (Å²) in [5.41, 5.74) is 0. The summed E-state index contributed by atoms with van der Waals surface area (Å²) in [5, 5.41) is 0. The van der Waals surface area contributed by atoms with Crippen LogP contribution in [0.4, 0.5) is 0 Å². The highest BCUT2D eigenvalue weighted by Crippen LogP contribution is 2.13. The first-order chi connectivity index (χ1) is 4.66. The maximum Gasteiger partial charge on any atom is -0.0227 e. The zero-order valence-corrected chi connectivity index (χ0v) is 8.43. The zero-order valence-electron chi connectivity index (χ0n) is 8.43. The molecule has 3 N–H and O–H groups in total. The van der Waals surface area contributed by atoms with Gasteiger partial charge in [0, 0.05) is 0 Å². The molecule has 0 spiro atoms. The van der Waals surface area contributed by atoms with Crippen molar-refractivity contribution in [2.24, 2.45) is 11.8 Å². The van der Waals surface area contributed by atoms with E-state index in [0.717, 1.165) is 11.8 Å². The minimum Gasteiger partial charge on any atom is -0.344 e. The lowest BCUT2D eigenvalue weighted by Crippen LogP contribution is -1.93. The molecule has 1 unspecified atom stereocenters. The van der Waals surface area contributed by atoms with Crippen molar-refractivity contribution >= 4 is 0 Å². The molecule has 0 fully saturated rings. The third-order valence-corrected chi connectivity index (χ3v) is 1.79. The number of hydrogen-bond acceptors (Lipinski definition) is 1. The summed E-state index contributed by atoms with van der Waals surface area (Å²) in [7, 11) is 0. The van der Waals surface area contributed by atoms with Gasteiger partial charge in [-0.3, -0.25) is 0 Å². The van der Waals surface area contributed by atoms with E-state index in [1.807, 2.05) is 0 Å². The van der Waals surface area contributed by atoms with E-state index in [2.05, 4.69) is 39.8 Å². The predicted octanol–water partition coefficient (Wildman–Crippen LogP) is 3.80. The van der Waals surface area contributed by atoms with Crippen LogP contribution in [0, 0.1) is 11.8 Å². The average molecular weight is 157 g/mol. The molecule has 1 rings (SSSR count). The molecule has 1 heteroatoms. The Balaban J connectivity index is 0. The Hall–Kier alpha value is -0.300. The van der Waals surface area contributed by atoms with Gasteiger partial charge in [-0.2, -0.15) is 0 Å². The van der Waals surface area contributed by atoms with Gasteiger partial charge in [-0.25, -0.2) is 0 Å². The van der Waals surface area contributed by atoms with E-state index >= 15 is 0 Å². The Bertz CT molecular complexity index is 95.0. The lowest BCUT2D eigenvalue weighted by molar-refractivity contribution is 0.626. The molecule has 0 amide bonds. The molecule has 68 valence electrons. The predicted molar refractivity (Wildman–Crippen MR) is 53.1 cm³/mol. The highest BCUT2D eigenvalue weighted by Gasteiger charge is 1.98. The first kappa shape index (κ1) is 13.3. The minimum atomic E-state index is 0. The van der Waals surface area contributed by atoms with Crippen LogP contribution in [0.3, 0.4) is 0 Å². The van der Waals surface area contributed by atoms with Crippen LogP contribution >= 0.6 is 0 Å². The Labute approximate surface area is 71.5 Å². The average Bonchev–Trinajstić information content (AvgIpc) is 1.85. The first-order valence-electron chi connectivity index (χ1n) is 4.33. The SMILES string of the molecule is CC1C=CC1.CCC(C)C.N. The summed E-state index contributed by atoms with van der Waals surface area (Å²) >= 11 is 0. The summed E-state index contributed by atoms with van der Waals surface area (Å²) in [4.78, 5) is 0. The summed E-state index contributed by atoms with van der Waals surface area (Å²) in [6, 6.07) is 0. The quantitative estimate of drug-likeness (QED) is 0.577. The molecule has 0 heterocycles. The fourth-order valence-electron chi connectivity index (χ4n) is 0.408. The molecule has 0 aromatic carbocycles. The Morgan fingerprint density at radius 3 is 1.73 bits per heavy atom. The zero-order chi connectivity index (χ0) is 7.98. The Morgan fingerprint density at radius 1 is 1.45 bits per heavy atom. The van der Waals surface area contributed by atoms with Gasteiger partial charge in [-0.1, -0.05) is 46.3 Å². The molecule has 1 atom stereocenters. The van der Waals surface area contributed by atoms with Crippen LogP contribution in [0.1, 0.15) is 40.5 Å². The number of hydrogen-bond donors (Lipinski definition) is 1. The molecule has 0 aliphatic heterocycles. The van der Waals surface area contributed by atoms with E-state index in [1.165, 1.54) is 12.8 Å². The molecule has 11 heavy (non-hydrogen) atoms. The van der Waals surface area contributed by atoms with E-state index in [4.69, 9.17) is 0 Å². The van der Waals surface area contributed by atoms with Gasteiger partial charge in [0.1, 0.15) is 0 Å². The van der Waals surface area contributed by atoms with Crippen LogP contribution in [0.5, 0.6) is 0 Å². The Morgan fingerprint density at radius 2 is 1.73 bits per heavy atom. The van der Waals surface area contributed by atoms with Gasteiger partial charge in [-0.05, 0) is 18.3 Å². The monoisotopic (exact) mass is 157 g/mol. The van der Waals surface area contributed by atoms with Crippen LogP contribution in [-0.4, -0.2) is 0 Å². The number of rotatable bonds is 1. The standard InChI is InChI=1S/C5H8.C5H12.H3N/c1-5-3-2-4-5;1-4-5(2)3;/h2-3,5H,4H2,1H3;5H,4H2,1-3H3;1H3. The van der Waals surface area contributed by atoms with Crippen molar-refractivity contribution in [3.05, 3.63) is 12.2 Å². The molecule has 0 aromatic rings. The molecule has 0 aromatic heterocycles. The summed E-state index contributed by atoms with van der Waals surface area (Å²) in [6.45, 7) is 8.87. The second-order valence-electron chi connectivity index (χ2n) is 3.44. The van der Waals surface area contributed by atoms with Gasteiger partial charge in [0.05, 0.1) is 0 Å². The molecule has 1 nitrogen and oxygen atoms in total. The maximum absolute atomic E-state index is 2.22. The molecule has 0 bridgehead atoms. The first-order valence-corrected chi connectivity index (χ1v) is 4.33. The van der Waals surface area contributed by atoms with Gasteiger partial charge in [-0.15, -0.1) is 0 Å². The molecule has 1 aliphatic carbocycles. The third-order valence-electron chi connectivity index (χ3n) is 1.79. The van der Waals surface area contributed by atoms with Crippen LogP contribution in [0.15, 0.2) is 12.2 Å². The smallest absolute Gasteiger partial charge is 0.0227 e. The maximum atomic E-state index is 2.22. The van der Waals surface area contributed by atoms with Crippen molar-refractivity contribution in [2.75, 3.05) is 0 Å². The normalized spacial score (nSPS) is 19.5. The van der Waals surface area contributed by atoms with E-state index in [9.17, 15) is 0 Å². The minimum absolute atomic E-state index is 0. The van der Waals surface area contributed by atoms with Gasteiger partial charge in [0.2, 0.25) is 0 Å². The second-order valence-corrected chi connectivity index (χ2v) is 3.44. The van der Waals surface area contributed by atoms with Crippen LogP contribution < -0.4 is 6.15 Å². The highest BCUT2D eigenvalue weighted by atomic mass is 14.0. The van der Waals surface area contributed by atoms with Crippen LogP contribution in [0.25, 0.3) is 0 Å². The number of allylic oxidation sites excluding steroid dienone is 2. The van der Waals surface area contributed by atoms with Crippen molar-refractivity contribution in [3.8, 4) is 0 Å². The molecule has 0 saturated carbocycles. The highest BCUT2D eigenvalue weighted by molar-refractivity contribution is 4.99. The molecule has 1 aliphatic rings. The van der Waals surface area contributed by atoms with E-state index in [0.29, 0.717) is 0 Å². The van der Waals surface area contributed by atoms with Crippen molar-refractivity contribution in [1.82, 2.24) is 6.15 Å². The van der Waals surface area contributed by atoms with E-state index in [1.54, 1.807) is 0 Å². The van der Waals surface area contributed by atoms with Crippen molar-refractivity contribution in [2.45, 2.75) is 40.5 Å². The molecule has 0 radical (unpaired) electrons. The van der Waals surface area contributed by atoms with Gasteiger partial charge in [0.25, 0.3) is 0 Å². The van der Waals surface area contributed by atoms with Crippen LogP contribution in [-0.2, 0) is 0 Å². The van der Waals surface area contributed by atoms with Gasteiger partial charge < -0.3 is 6.15 Å². The summed E-state index contributed by atoms with van der Waals surface area (Å²) in [5.74, 6) is 1.77. The van der Waals surface area contributed by atoms with Crippen molar-refractivity contribution in [3.63, 3.8) is 0 Å². The van der Waals surface area contributed by atoms with Crippen molar-refractivity contribution < 1.29 is 0 Å². The van der Waals surface area contributed by atoms with Crippen molar-refractivity contribution in [1.29, 1.82) is 0 Å². The lowest BCUT2D eigenvalue weighted by Gasteiger charge is -2.08. The molecular formula is C10H23N. The fraction of sp³-hybridized carbons (Fsp3) is 0.800. The van der Waals surface area contributed by atoms with Crippen LogP contribution in [0.2, 0.25) is 0 Å². The summed E-state index contributed by atoms with van der Waals surface area (Å²) < 4.78 is 0. The lowest BCUT2D eigenvalue weighted by atomic mass is 9.98. The topological polar surface area (TPSA) is 35.0 Å². The third kappa shape index (κ3) is 9.70. The van der Waals surface area contributed by atoms with E-state index < -0.39 is 0 Å². The molecular weight excluding hydrogens is 134 g/mol. The molecule has 0 saturated heterocycles. The van der Waals surface area contributed by atoms with Gasteiger partial charge >= 0.3 is 0 Å². The van der Waals surface area contributed by atoms with E-state index in [-0.39, 0.29) is 6.15 Å². The fourth-order valence-corrected chi connectivity index (χ4v) is 0.408. The largest absolute Gasteiger partial charge is 0.344 e. The second kappa shape index (κ2) is 7.80.